The Kier molecular flexibility index (Phi) is 3.66. The van der Waals surface area contributed by atoms with E-state index in [-0.39, 0.29) is 0 Å². The Hall–Kier alpha value is -2.54. The molecule has 0 radical (unpaired) electrons. The number of rotatable bonds is 3. The largest absolute Gasteiger partial charge is 0.481 e. The van der Waals surface area contributed by atoms with Crippen molar-refractivity contribution in [3.8, 4) is 17.4 Å². The van der Waals surface area contributed by atoms with E-state index < -0.39 is 0 Å². The van der Waals surface area contributed by atoms with Gasteiger partial charge in [0.1, 0.15) is 12.1 Å². The number of piperidine rings is 3. The van der Waals surface area contributed by atoms with Crippen LogP contribution in [0, 0.1) is 5.92 Å². The van der Waals surface area contributed by atoms with Crippen molar-refractivity contribution in [1.82, 2.24) is 14.9 Å². The molecule has 7 nitrogen and oxygen atoms in total. The number of benzene rings is 1. The lowest BCUT2D eigenvalue weighted by Gasteiger charge is -2.51. The van der Waals surface area contributed by atoms with E-state index in [0.717, 1.165) is 29.8 Å². The molecular formula is C21H24N4O3. The molecule has 0 saturated carbocycles. The van der Waals surface area contributed by atoms with Crippen molar-refractivity contribution in [1.29, 1.82) is 0 Å². The molecule has 0 spiro atoms. The molecule has 4 fully saturated rings. The Balaban J connectivity index is 1.41. The van der Waals surface area contributed by atoms with Gasteiger partial charge in [-0.3, -0.25) is 4.90 Å². The molecule has 6 heterocycles. The number of ether oxygens (including phenoxy) is 3. The maximum Gasteiger partial charge on any atom is 0.231 e. The van der Waals surface area contributed by atoms with Crippen LogP contribution in [0.1, 0.15) is 24.3 Å². The average molecular weight is 380 g/mol. The Morgan fingerprint density at radius 3 is 2.75 bits per heavy atom. The van der Waals surface area contributed by atoms with Gasteiger partial charge in [-0.15, -0.1) is 0 Å². The lowest BCUT2D eigenvalue weighted by Crippen LogP contribution is -2.60. The van der Waals surface area contributed by atoms with E-state index in [1.165, 1.54) is 31.5 Å². The fourth-order valence-electron chi connectivity index (χ4n) is 5.72. The van der Waals surface area contributed by atoms with E-state index in [1.807, 2.05) is 6.07 Å². The third-order valence-electron chi connectivity index (χ3n) is 6.95. The summed E-state index contributed by atoms with van der Waals surface area (Å²) >= 11 is 0. The fraction of sp³-hybridized carbons (Fsp3) is 0.524. The first-order chi connectivity index (χ1) is 13.8. The lowest BCUT2D eigenvalue weighted by molar-refractivity contribution is 0.0354. The molecule has 1 aromatic carbocycles. The molecule has 2 bridgehead atoms. The molecule has 1 aromatic heterocycles. The first-order valence-corrected chi connectivity index (χ1v) is 10.1. The summed E-state index contributed by atoms with van der Waals surface area (Å²) in [6.45, 7) is 3.67. The van der Waals surface area contributed by atoms with Crippen LogP contribution in [0.4, 0.5) is 5.82 Å². The lowest BCUT2D eigenvalue weighted by atomic mass is 9.75. The zero-order valence-electron chi connectivity index (χ0n) is 16.0. The molecule has 2 aromatic rings. The summed E-state index contributed by atoms with van der Waals surface area (Å²) < 4.78 is 16.5. The second kappa shape index (κ2) is 6.24. The van der Waals surface area contributed by atoms with Crippen LogP contribution in [0.5, 0.6) is 17.4 Å². The van der Waals surface area contributed by atoms with Crippen LogP contribution in [-0.2, 0) is 0 Å². The normalized spacial score (nSPS) is 32.5. The molecule has 4 saturated heterocycles. The van der Waals surface area contributed by atoms with Gasteiger partial charge in [0.2, 0.25) is 12.7 Å². The fourth-order valence-corrected chi connectivity index (χ4v) is 5.72. The molecule has 0 unspecified atom stereocenters. The number of hydrogen-bond donors (Lipinski definition) is 0. The van der Waals surface area contributed by atoms with Gasteiger partial charge >= 0.3 is 0 Å². The zero-order chi connectivity index (χ0) is 18.7. The highest BCUT2D eigenvalue weighted by Gasteiger charge is 2.53. The van der Waals surface area contributed by atoms with Gasteiger partial charge < -0.3 is 19.1 Å². The maximum absolute atomic E-state index is 5.65. The van der Waals surface area contributed by atoms with Gasteiger partial charge in [-0.25, -0.2) is 9.97 Å². The Bertz CT molecular complexity index is 899. The SMILES string of the molecule is COc1cc(N2C[C@@H](c3ccc4c(c3)OCO4)[C@@H]3[C@H]2C2CCN3CC2)ncn1. The molecule has 28 heavy (non-hydrogen) atoms. The quantitative estimate of drug-likeness (QED) is 0.810. The van der Waals surface area contributed by atoms with E-state index >= 15 is 0 Å². The van der Waals surface area contributed by atoms with Crippen LogP contribution < -0.4 is 19.1 Å². The van der Waals surface area contributed by atoms with E-state index in [0.29, 0.717) is 30.7 Å². The highest BCUT2D eigenvalue weighted by Crippen LogP contribution is 2.49. The zero-order valence-corrected chi connectivity index (χ0v) is 16.0. The van der Waals surface area contributed by atoms with Gasteiger partial charge in [-0.1, -0.05) is 6.07 Å². The molecule has 0 aliphatic carbocycles. The van der Waals surface area contributed by atoms with Crippen LogP contribution in [-0.4, -0.2) is 60.5 Å². The van der Waals surface area contributed by atoms with E-state index in [1.54, 1.807) is 13.4 Å². The molecule has 5 aliphatic heterocycles. The number of nitrogens with zero attached hydrogens (tertiary/aromatic N) is 4. The van der Waals surface area contributed by atoms with Crippen LogP contribution in [0.3, 0.4) is 0 Å². The van der Waals surface area contributed by atoms with Gasteiger partial charge in [-0.2, -0.15) is 0 Å². The third kappa shape index (κ3) is 2.38. The Morgan fingerprint density at radius 1 is 1.04 bits per heavy atom. The maximum atomic E-state index is 5.65. The van der Waals surface area contributed by atoms with E-state index in [2.05, 4.69) is 38.0 Å². The average Bonchev–Trinajstić information content (AvgIpc) is 3.40. The summed E-state index contributed by atoms with van der Waals surface area (Å²) in [5, 5.41) is 0. The van der Waals surface area contributed by atoms with Crippen molar-refractivity contribution in [2.24, 2.45) is 5.92 Å². The molecular weight excluding hydrogens is 356 g/mol. The van der Waals surface area contributed by atoms with Gasteiger partial charge in [0.15, 0.2) is 11.5 Å². The summed E-state index contributed by atoms with van der Waals surface area (Å²) in [5.74, 6) is 4.44. The summed E-state index contributed by atoms with van der Waals surface area (Å²) in [6.07, 6.45) is 4.15. The monoisotopic (exact) mass is 380 g/mol. The van der Waals surface area contributed by atoms with Crippen LogP contribution in [0.2, 0.25) is 0 Å². The van der Waals surface area contributed by atoms with Crippen molar-refractivity contribution >= 4 is 5.82 Å². The predicted molar refractivity (Wildman–Crippen MR) is 103 cm³/mol. The standard InChI is InChI=1S/C21H24N4O3/c1-26-19-9-18(22-11-23-19)25-10-15(14-2-3-16-17(8-14)28-12-27-16)21-20(25)13-4-6-24(21)7-5-13/h2-3,8-9,11,13,15,20-21H,4-7,10,12H2,1H3/t15-,20+,21+/m0/s1. The second-order valence-electron chi connectivity index (χ2n) is 8.14. The van der Waals surface area contributed by atoms with Crippen molar-refractivity contribution < 1.29 is 14.2 Å². The predicted octanol–water partition coefficient (Wildman–Crippen LogP) is 2.28. The molecule has 3 atom stereocenters. The van der Waals surface area contributed by atoms with Crippen LogP contribution >= 0.6 is 0 Å². The Morgan fingerprint density at radius 2 is 1.89 bits per heavy atom. The molecule has 7 heteroatoms. The molecule has 5 aliphatic rings. The van der Waals surface area contributed by atoms with E-state index in [9.17, 15) is 0 Å². The van der Waals surface area contributed by atoms with Gasteiger partial charge in [0.25, 0.3) is 0 Å². The summed E-state index contributed by atoms with van der Waals surface area (Å²) in [6, 6.07) is 9.41. The first kappa shape index (κ1) is 16.4. The van der Waals surface area contributed by atoms with Crippen molar-refractivity contribution in [3.63, 3.8) is 0 Å². The summed E-state index contributed by atoms with van der Waals surface area (Å²) in [5.41, 5.74) is 1.33. The minimum atomic E-state index is 0.316. The molecule has 146 valence electrons. The number of aromatic nitrogens is 2. The number of hydrogen-bond acceptors (Lipinski definition) is 7. The smallest absolute Gasteiger partial charge is 0.231 e. The van der Waals surface area contributed by atoms with Crippen molar-refractivity contribution in [2.75, 3.05) is 38.4 Å². The number of methoxy groups -OCH3 is 1. The number of anilines is 1. The van der Waals surface area contributed by atoms with Gasteiger partial charge in [0.05, 0.1) is 7.11 Å². The van der Waals surface area contributed by atoms with Gasteiger partial charge in [-0.05, 0) is 49.5 Å². The van der Waals surface area contributed by atoms with E-state index in [4.69, 9.17) is 14.2 Å². The van der Waals surface area contributed by atoms with Crippen LogP contribution in [0.25, 0.3) is 0 Å². The minimum Gasteiger partial charge on any atom is -0.481 e. The molecule has 7 rings (SSSR count). The first-order valence-electron chi connectivity index (χ1n) is 10.1. The van der Waals surface area contributed by atoms with Crippen LogP contribution in [0.15, 0.2) is 30.6 Å². The third-order valence-corrected chi connectivity index (χ3v) is 6.95. The number of fused-ring (bicyclic) bond motifs is 3. The summed E-state index contributed by atoms with van der Waals surface area (Å²) in [7, 11) is 1.66. The van der Waals surface area contributed by atoms with Crippen molar-refractivity contribution in [2.45, 2.75) is 30.8 Å². The topological polar surface area (TPSA) is 60.0 Å². The van der Waals surface area contributed by atoms with Crippen molar-refractivity contribution in [3.05, 3.63) is 36.2 Å². The minimum absolute atomic E-state index is 0.316. The summed E-state index contributed by atoms with van der Waals surface area (Å²) in [4.78, 5) is 14.0. The highest BCUT2D eigenvalue weighted by atomic mass is 16.7. The highest BCUT2D eigenvalue weighted by molar-refractivity contribution is 5.51. The molecule has 0 amide bonds. The second-order valence-corrected chi connectivity index (χ2v) is 8.14. The molecule has 0 N–H and O–H groups in total. The Labute approximate surface area is 164 Å². The van der Waals surface area contributed by atoms with Gasteiger partial charge in [0, 0.05) is 30.6 Å².